The van der Waals surface area contributed by atoms with Crippen molar-refractivity contribution in [3.05, 3.63) is 35.8 Å². The van der Waals surface area contributed by atoms with E-state index in [2.05, 4.69) is 25.9 Å². The highest BCUT2D eigenvalue weighted by atomic mass is 16.3. The first-order valence-electron chi connectivity index (χ1n) is 12.1. The number of aliphatic hydroxyl groups is 1. The van der Waals surface area contributed by atoms with Crippen LogP contribution >= 0.6 is 0 Å². The molecule has 3 amide bonds. The highest BCUT2D eigenvalue weighted by Crippen LogP contribution is 2.40. The standard InChI is InChI=1S/C24H31N7O4/c1-24(2,3)19(31-12-17(28-29-31)13-6-7-13)23(35)30-11-15(32)10-18(30)22(34)26-16-9-14-5-4-8-25-20(14)27-21(16)33/h4-5,8,12-13,15-16,18-19,32H,6-7,9-11H2,1-3H3,(H,26,34)(H,25,27,33)/t15?,16?,18?,19-/m1/s1. The molecule has 35 heavy (non-hydrogen) atoms. The number of hydrogen-bond donors (Lipinski definition) is 3. The second kappa shape index (κ2) is 8.71. The Morgan fingerprint density at radius 2 is 2.06 bits per heavy atom. The van der Waals surface area contributed by atoms with Crippen LogP contribution < -0.4 is 10.6 Å². The van der Waals surface area contributed by atoms with Crippen LogP contribution in [0.5, 0.6) is 0 Å². The smallest absolute Gasteiger partial charge is 0.248 e. The number of fused-ring (bicyclic) bond motifs is 1. The number of β-amino-alcohol motifs (C(OH)–C–C–N with tert-alkyl or cyclic N) is 1. The Kier molecular flexibility index (Phi) is 5.82. The Morgan fingerprint density at radius 1 is 1.29 bits per heavy atom. The molecule has 2 aliphatic heterocycles. The maximum Gasteiger partial charge on any atom is 0.248 e. The van der Waals surface area contributed by atoms with Crippen molar-refractivity contribution in [3.63, 3.8) is 0 Å². The highest BCUT2D eigenvalue weighted by Gasteiger charge is 2.46. The Balaban J connectivity index is 1.35. The largest absolute Gasteiger partial charge is 0.391 e. The van der Waals surface area contributed by atoms with Gasteiger partial charge >= 0.3 is 0 Å². The molecular formula is C24H31N7O4. The fraction of sp³-hybridized carbons (Fsp3) is 0.583. The van der Waals surface area contributed by atoms with E-state index in [1.807, 2.05) is 33.0 Å². The molecule has 0 radical (unpaired) electrons. The number of aliphatic hydroxyl groups excluding tert-OH is 1. The van der Waals surface area contributed by atoms with Crippen LogP contribution in [0.4, 0.5) is 5.82 Å². The zero-order chi connectivity index (χ0) is 24.9. The number of aromatic nitrogens is 4. The molecule has 186 valence electrons. The van der Waals surface area contributed by atoms with Gasteiger partial charge in [0, 0.05) is 37.7 Å². The van der Waals surface area contributed by atoms with E-state index in [1.54, 1.807) is 16.9 Å². The van der Waals surface area contributed by atoms with Gasteiger partial charge in [0.1, 0.15) is 23.9 Å². The van der Waals surface area contributed by atoms with Gasteiger partial charge in [0.2, 0.25) is 17.7 Å². The summed E-state index contributed by atoms with van der Waals surface area (Å²) in [4.78, 5) is 45.3. The first kappa shape index (κ1) is 23.4. The zero-order valence-electron chi connectivity index (χ0n) is 20.1. The summed E-state index contributed by atoms with van der Waals surface area (Å²) in [5, 5.41) is 24.4. The van der Waals surface area contributed by atoms with Gasteiger partial charge in [-0.15, -0.1) is 5.10 Å². The average molecular weight is 482 g/mol. The molecule has 2 aromatic heterocycles. The SMILES string of the molecule is CC(C)(C)[C@@H](C(=O)N1CC(O)CC1C(=O)NC1Cc2cccnc2NC1=O)n1cc(C2CC2)nn1. The first-order valence-corrected chi connectivity index (χ1v) is 12.1. The maximum atomic E-state index is 13.8. The molecule has 0 bridgehead atoms. The summed E-state index contributed by atoms with van der Waals surface area (Å²) < 4.78 is 1.59. The molecule has 1 aliphatic carbocycles. The second-order valence-electron chi connectivity index (χ2n) is 10.8. The van der Waals surface area contributed by atoms with Gasteiger partial charge in [0.15, 0.2) is 0 Å². The molecule has 4 heterocycles. The minimum Gasteiger partial charge on any atom is -0.391 e. The third-order valence-electron chi connectivity index (χ3n) is 6.90. The molecule has 0 spiro atoms. The normalized spacial score (nSPS) is 25.1. The third kappa shape index (κ3) is 4.64. The van der Waals surface area contributed by atoms with E-state index < -0.39 is 35.6 Å². The van der Waals surface area contributed by atoms with Crippen LogP contribution in [0.25, 0.3) is 0 Å². The topological polar surface area (TPSA) is 142 Å². The second-order valence-corrected chi connectivity index (χ2v) is 10.8. The van der Waals surface area contributed by atoms with E-state index in [-0.39, 0.29) is 24.8 Å². The lowest BCUT2D eigenvalue weighted by atomic mass is 9.85. The van der Waals surface area contributed by atoms with E-state index in [9.17, 15) is 19.5 Å². The molecule has 3 unspecified atom stereocenters. The fourth-order valence-electron chi connectivity index (χ4n) is 4.94. The average Bonchev–Trinajstić information content (AvgIpc) is 3.40. The van der Waals surface area contributed by atoms with Gasteiger partial charge in [0.05, 0.1) is 11.8 Å². The lowest BCUT2D eigenvalue weighted by Crippen LogP contribution is -2.55. The zero-order valence-corrected chi connectivity index (χ0v) is 20.1. The Labute approximate surface area is 203 Å². The van der Waals surface area contributed by atoms with Gasteiger partial charge < -0.3 is 20.6 Å². The Hall–Kier alpha value is -3.34. The van der Waals surface area contributed by atoms with Gasteiger partial charge in [-0.05, 0) is 29.9 Å². The van der Waals surface area contributed by atoms with Crippen molar-refractivity contribution in [1.82, 2.24) is 30.2 Å². The minimum atomic E-state index is -0.892. The van der Waals surface area contributed by atoms with E-state index in [1.165, 1.54) is 4.90 Å². The molecule has 2 fully saturated rings. The van der Waals surface area contributed by atoms with Crippen LogP contribution in [-0.2, 0) is 20.8 Å². The summed E-state index contributed by atoms with van der Waals surface area (Å²) in [6.07, 6.45) is 5.13. The number of carbonyl (C=O) groups excluding carboxylic acids is 3. The van der Waals surface area contributed by atoms with Gasteiger partial charge in [-0.1, -0.05) is 32.1 Å². The van der Waals surface area contributed by atoms with Crippen molar-refractivity contribution >= 4 is 23.5 Å². The van der Waals surface area contributed by atoms with Crippen LogP contribution in [0.1, 0.15) is 63.3 Å². The fourth-order valence-corrected chi connectivity index (χ4v) is 4.94. The molecule has 3 N–H and O–H groups in total. The molecule has 1 saturated heterocycles. The summed E-state index contributed by atoms with van der Waals surface area (Å²) in [5.41, 5.74) is 1.18. The number of amides is 3. The number of nitrogens with zero attached hydrogens (tertiary/aromatic N) is 5. The molecule has 1 saturated carbocycles. The molecule has 3 aliphatic rings. The predicted octanol–water partition coefficient (Wildman–Crippen LogP) is 0.779. The van der Waals surface area contributed by atoms with Crippen LogP contribution in [0.3, 0.4) is 0 Å². The molecule has 5 rings (SSSR count). The number of likely N-dealkylation sites (tertiary alicyclic amines) is 1. The third-order valence-corrected chi connectivity index (χ3v) is 6.90. The van der Waals surface area contributed by atoms with Gasteiger partial charge in [-0.3, -0.25) is 14.4 Å². The van der Waals surface area contributed by atoms with Crippen LogP contribution in [0, 0.1) is 5.41 Å². The van der Waals surface area contributed by atoms with Crippen molar-refractivity contribution in [3.8, 4) is 0 Å². The quantitative estimate of drug-likeness (QED) is 0.573. The molecule has 4 atom stereocenters. The van der Waals surface area contributed by atoms with Crippen molar-refractivity contribution in [2.24, 2.45) is 5.41 Å². The lowest BCUT2D eigenvalue weighted by molar-refractivity contribution is -0.144. The Bertz CT molecular complexity index is 1150. The number of nitrogens with one attached hydrogen (secondary N) is 2. The van der Waals surface area contributed by atoms with Crippen LogP contribution in [-0.4, -0.2) is 72.4 Å². The molecule has 11 nitrogen and oxygen atoms in total. The van der Waals surface area contributed by atoms with E-state index in [4.69, 9.17) is 0 Å². The van der Waals surface area contributed by atoms with Crippen molar-refractivity contribution in [2.75, 3.05) is 11.9 Å². The van der Waals surface area contributed by atoms with Gasteiger partial charge in [0.25, 0.3) is 0 Å². The Morgan fingerprint density at radius 3 is 2.77 bits per heavy atom. The number of anilines is 1. The summed E-state index contributed by atoms with van der Waals surface area (Å²) in [7, 11) is 0. The minimum absolute atomic E-state index is 0.0390. The van der Waals surface area contributed by atoms with Crippen LogP contribution in [0.15, 0.2) is 24.5 Å². The van der Waals surface area contributed by atoms with E-state index in [0.717, 1.165) is 24.1 Å². The van der Waals surface area contributed by atoms with Crippen molar-refractivity contribution < 1.29 is 19.5 Å². The van der Waals surface area contributed by atoms with E-state index in [0.29, 0.717) is 18.2 Å². The maximum absolute atomic E-state index is 13.8. The first-order chi connectivity index (χ1) is 16.6. The number of rotatable bonds is 5. The summed E-state index contributed by atoms with van der Waals surface area (Å²) in [6, 6.07) is 1.24. The molecule has 2 aromatic rings. The lowest BCUT2D eigenvalue weighted by Gasteiger charge is -2.35. The van der Waals surface area contributed by atoms with Crippen molar-refractivity contribution in [1.29, 1.82) is 0 Å². The number of pyridine rings is 1. The van der Waals surface area contributed by atoms with Gasteiger partial charge in [-0.25, -0.2) is 9.67 Å². The summed E-state index contributed by atoms with van der Waals surface area (Å²) in [6.45, 7) is 5.85. The van der Waals surface area contributed by atoms with Gasteiger partial charge in [-0.2, -0.15) is 0 Å². The summed E-state index contributed by atoms with van der Waals surface area (Å²) in [5.74, 6) is -0.240. The molecule has 0 aromatic carbocycles. The van der Waals surface area contributed by atoms with E-state index >= 15 is 0 Å². The summed E-state index contributed by atoms with van der Waals surface area (Å²) >= 11 is 0. The monoisotopic (exact) mass is 481 g/mol. The number of carbonyl (C=O) groups is 3. The van der Waals surface area contributed by atoms with Crippen molar-refractivity contribution in [2.45, 2.75) is 76.6 Å². The van der Waals surface area contributed by atoms with Crippen LogP contribution in [0.2, 0.25) is 0 Å². The molecule has 11 heteroatoms. The molecular weight excluding hydrogens is 450 g/mol. The predicted molar refractivity (Wildman–Crippen MR) is 125 cm³/mol. The number of hydrogen-bond acceptors (Lipinski definition) is 7. The highest BCUT2D eigenvalue weighted by molar-refractivity contribution is 6.00.